The molecule has 1 aliphatic heterocycles. The topological polar surface area (TPSA) is 101 Å². The van der Waals surface area contributed by atoms with Gasteiger partial charge in [0.25, 0.3) is 23.4 Å². The lowest BCUT2D eigenvalue weighted by Crippen LogP contribution is -2.49. The van der Waals surface area contributed by atoms with Crippen molar-refractivity contribution in [2.24, 2.45) is 0 Å². The molecule has 0 fully saturated rings. The Labute approximate surface area is 181 Å². The van der Waals surface area contributed by atoms with Crippen LogP contribution in [0.4, 0.5) is 5.69 Å². The highest BCUT2D eigenvalue weighted by atomic mass is 35.5. The molecule has 1 heterocycles. The molecule has 0 bridgehead atoms. The largest absolute Gasteiger partial charge is 0.280 e. The Morgan fingerprint density at radius 3 is 2.03 bits per heavy atom. The van der Waals surface area contributed by atoms with Gasteiger partial charge in [-0.2, -0.15) is 5.01 Å². The molecule has 8 nitrogen and oxygen atoms in total. The average molecular weight is 436 g/mol. The van der Waals surface area contributed by atoms with Crippen molar-refractivity contribution in [3.63, 3.8) is 0 Å². The fourth-order valence-electron chi connectivity index (χ4n) is 3.35. The Morgan fingerprint density at radius 1 is 0.903 bits per heavy atom. The van der Waals surface area contributed by atoms with Crippen LogP contribution in [0.3, 0.4) is 0 Å². The number of hydrazine groups is 1. The molecule has 9 heteroatoms. The van der Waals surface area contributed by atoms with Crippen molar-refractivity contribution < 1.29 is 19.3 Å². The average Bonchev–Trinajstić information content (AvgIpc) is 3.03. The lowest BCUT2D eigenvalue weighted by Gasteiger charge is -2.30. The molecular formula is C22H14ClN3O5. The predicted octanol–water partition coefficient (Wildman–Crippen LogP) is 4.10. The molecule has 31 heavy (non-hydrogen) atoms. The number of hydrogen-bond acceptors (Lipinski definition) is 5. The smallest absolute Gasteiger partial charge is 0.267 e. The number of benzene rings is 3. The molecule has 3 aromatic rings. The number of para-hydroxylation sites is 1. The zero-order valence-electron chi connectivity index (χ0n) is 15.9. The number of carbonyl (C=O) groups is 3. The normalized spacial score (nSPS) is 12.6. The zero-order chi connectivity index (χ0) is 22.1. The number of amides is 3. The van der Waals surface area contributed by atoms with Gasteiger partial charge >= 0.3 is 0 Å². The van der Waals surface area contributed by atoms with Gasteiger partial charge in [-0.25, -0.2) is 5.01 Å². The van der Waals surface area contributed by atoms with Crippen LogP contribution in [0, 0.1) is 10.1 Å². The van der Waals surface area contributed by atoms with Crippen molar-refractivity contribution in [1.29, 1.82) is 0 Å². The Kier molecular flexibility index (Phi) is 5.22. The molecule has 0 aliphatic carbocycles. The number of halogens is 1. The van der Waals surface area contributed by atoms with Crippen LogP contribution in [0.5, 0.6) is 0 Å². The Morgan fingerprint density at radius 2 is 1.45 bits per heavy atom. The van der Waals surface area contributed by atoms with Crippen molar-refractivity contribution in [2.45, 2.75) is 6.54 Å². The van der Waals surface area contributed by atoms with Crippen molar-refractivity contribution in [1.82, 2.24) is 10.0 Å². The number of rotatable bonds is 5. The van der Waals surface area contributed by atoms with Crippen LogP contribution in [0.2, 0.25) is 5.02 Å². The van der Waals surface area contributed by atoms with Crippen molar-refractivity contribution in [3.8, 4) is 0 Å². The monoisotopic (exact) mass is 435 g/mol. The third kappa shape index (κ3) is 3.64. The molecular weight excluding hydrogens is 422 g/mol. The van der Waals surface area contributed by atoms with Crippen LogP contribution in [0.1, 0.15) is 36.6 Å². The van der Waals surface area contributed by atoms with E-state index >= 15 is 0 Å². The van der Waals surface area contributed by atoms with E-state index in [9.17, 15) is 24.5 Å². The molecule has 0 atom stereocenters. The van der Waals surface area contributed by atoms with E-state index in [2.05, 4.69) is 0 Å². The molecule has 0 radical (unpaired) electrons. The highest BCUT2D eigenvalue weighted by Gasteiger charge is 2.42. The Bertz CT molecular complexity index is 1190. The number of imide groups is 1. The molecule has 4 rings (SSSR count). The van der Waals surface area contributed by atoms with Crippen LogP contribution in [0.25, 0.3) is 0 Å². The molecule has 1 aliphatic rings. The van der Waals surface area contributed by atoms with Crippen LogP contribution in [0.15, 0.2) is 72.8 Å². The molecule has 0 unspecified atom stereocenters. The molecule has 0 N–H and O–H groups in total. The van der Waals surface area contributed by atoms with Gasteiger partial charge in [0, 0.05) is 16.7 Å². The first-order chi connectivity index (χ1) is 14.9. The van der Waals surface area contributed by atoms with E-state index in [4.69, 9.17) is 11.6 Å². The summed E-state index contributed by atoms with van der Waals surface area (Å²) in [5.41, 5.74) is 0.423. The summed E-state index contributed by atoms with van der Waals surface area (Å²) in [5.74, 6) is -2.03. The number of carbonyl (C=O) groups excluding carboxylic acids is 3. The van der Waals surface area contributed by atoms with E-state index in [-0.39, 0.29) is 34.5 Å². The summed E-state index contributed by atoms with van der Waals surface area (Å²) in [7, 11) is 0. The van der Waals surface area contributed by atoms with Crippen molar-refractivity contribution in [3.05, 3.63) is 110 Å². The second-order valence-electron chi connectivity index (χ2n) is 6.72. The molecule has 0 saturated carbocycles. The van der Waals surface area contributed by atoms with Crippen molar-refractivity contribution >= 4 is 35.0 Å². The number of fused-ring (bicyclic) bond motifs is 1. The third-order valence-corrected chi connectivity index (χ3v) is 5.10. The van der Waals surface area contributed by atoms with Crippen LogP contribution in [-0.2, 0) is 6.54 Å². The minimum absolute atomic E-state index is 0.156. The summed E-state index contributed by atoms with van der Waals surface area (Å²) in [6.45, 7) is -0.357. The summed E-state index contributed by atoms with van der Waals surface area (Å²) in [6, 6.07) is 18.0. The summed E-state index contributed by atoms with van der Waals surface area (Å²) >= 11 is 5.90. The fraction of sp³-hybridized carbons (Fsp3) is 0.0455. The summed E-state index contributed by atoms with van der Waals surface area (Å²) in [4.78, 5) is 50.2. The lowest BCUT2D eigenvalue weighted by atomic mass is 10.1. The van der Waals surface area contributed by atoms with Crippen molar-refractivity contribution in [2.75, 3.05) is 0 Å². The third-order valence-electron chi connectivity index (χ3n) is 4.85. The maximum Gasteiger partial charge on any atom is 0.280 e. The first-order valence-corrected chi connectivity index (χ1v) is 9.53. The highest BCUT2D eigenvalue weighted by molar-refractivity contribution is 6.30. The number of nitro groups is 1. The molecule has 3 amide bonds. The molecule has 154 valence electrons. The predicted molar refractivity (Wildman–Crippen MR) is 111 cm³/mol. The zero-order valence-corrected chi connectivity index (χ0v) is 16.7. The Hall–Kier alpha value is -4.04. The van der Waals surface area contributed by atoms with Gasteiger partial charge in [-0.05, 0) is 36.4 Å². The first kappa shape index (κ1) is 20.2. The molecule has 3 aromatic carbocycles. The number of nitrogens with zero attached hydrogens (tertiary/aromatic N) is 3. The van der Waals surface area contributed by atoms with E-state index in [1.54, 1.807) is 18.2 Å². The summed E-state index contributed by atoms with van der Waals surface area (Å²) < 4.78 is 0. The lowest BCUT2D eigenvalue weighted by molar-refractivity contribution is -0.385. The number of nitro benzene ring substituents is 1. The highest BCUT2D eigenvalue weighted by Crippen LogP contribution is 2.28. The molecule has 0 saturated heterocycles. The van der Waals surface area contributed by atoms with Gasteiger partial charge in [0.15, 0.2) is 0 Å². The van der Waals surface area contributed by atoms with Gasteiger partial charge < -0.3 is 0 Å². The van der Waals surface area contributed by atoms with E-state index in [1.807, 2.05) is 0 Å². The minimum Gasteiger partial charge on any atom is -0.267 e. The van der Waals surface area contributed by atoms with Crippen LogP contribution >= 0.6 is 11.6 Å². The standard InChI is InChI=1S/C22H14ClN3O5/c23-16-11-9-14(10-12-16)20(27)24(13-15-5-1-4-8-19(15)26(30)31)25-21(28)17-6-2-3-7-18(17)22(25)29/h1-12H,13H2. The van der Waals surface area contributed by atoms with Crippen LogP contribution in [-0.4, -0.2) is 32.7 Å². The first-order valence-electron chi connectivity index (χ1n) is 9.16. The quantitative estimate of drug-likeness (QED) is 0.341. The Balaban J connectivity index is 1.80. The van der Waals surface area contributed by atoms with E-state index in [0.29, 0.717) is 5.02 Å². The maximum atomic E-state index is 13.3. The van der Waals surface area contributed by atoms with Gasteiger partial charge in [-0.15, -0.1) is 0 Å². The molecule has 0 spiro atoms. The van der Waals surface area contributed by atoms with E-state index in [0.717, 1.165) is 10.0 Å². The van der Waals surface area contributed by atoms with Gasteiger partial charge in [-0.3, -0.25) is 24.5 Å². The van der Waals surface area contributed by atoms with Gasteiger partial charge in [0.05, 0.1) is 28.2 Å². The summed E-state index contributed by atoms with van der Waals surface area (Å²) in [5, 5.41) is 13.5. The maximum absolute atomic E-state index is 13.3. The van der Waals surface area contributed by atoms with E-state index in [1.165, 1.54) is 54.6 Å². The minimum atomic E-state index is -0.679. The summed E-state index contributed by atoms with van der Waals surface area (Å²) in [6.07, 6.45) is 0. The SMILES string of the molecule is O=C(c1ccc(Cl)cc1)N(Cc1ccccc1[N+](=O)[O-])N1C(=O)c2ccccc2C1=O. The fourth-order valence-corrected chi connectivity index (χ4v) is 3.48. The number of hydrogen-bond donors (Lipinski definition) is 0. The van der Waals surface area contributed by atoms with E-state index < -0.39 is 22.6 Å². The van der Waals surface area contributed by atoms with Gasteiger partial charge in [0.1, 0.15) is 0 Å². The van der Waals surface area contributed by atoms with Gasteiger partial charge in [0.2, 0.25) is 0 Å². The van der Waals surface area contributed by atoms with Crippen LogP contribution < -0.4 is 0 Å². The van der Waals surface area contributed by atoms with Gasteiger partial charge in [-0.1, -0.05) is 41.9 Å². The molecule has 0 aromatic heterocycles. The second-order valence-corrected chi connectivity index (χ2v) is 7.16. The second kappa shape index (κ2) is 8.00.